The molecule has 0 unspecified atom stereocenters. The molecule has 2 rings (SSSR count). The van der Waals surface area contributed by atoms with E-state index in [2.05, 4.69) is 0 Å². The van der Waals surface area contributed by atoms with Gasteiger partial charge in [-0.25, -0.2) is 0 Å². The molecular formula is C14H10CuS4. The first-order valence-corrected chi connectivity index (χ1v) is 6.77. The standard InChI is InChI=1S/2C7H6S2.Cu/c2*8-7(9)6-4-2-1-3-5-6;/h2*1-5H,(H,8,9);/q;;+2/p-2. The molecule has 0 aliphatic heterocycles. The van der Waals surface area contributed by atoms with Gasteiger partial charge in [-0.05, 0) is 11.1 Å². The summed E-state index contributed by atoms with van der Waals surface area (Å²) in [6, 6.07) is 19.2. The topological polar surface area (TPSA) is 0 Å². The number of benzene rings is 2. The van der Waals surface area contributed by atoms with E-state index in [0.717, 1.165) is 11.1 Å². The van der Waals surface area contributed by atoms with Gasteiger partial charge in [-0.2, -0.15) is 0 Å². The molecule has 0 saturated heterocycles. The molecule has 0 nitrogen and oxygen atoms in total. The van der Waals surface area contributed by atoms with Gasteiger partial charge in [-0.1, -0.05) is 60.7 Å². The van der Waals surface area contributed by atoms with Gasteiger partial charge in [0.05, 0.1) is 0 Å². The summed E-state index contributed by atoms with van der Waals surface area (Å²) in [5.41, 5.74) is 1.92. The molecule has 0 aliphatic rings. The molecule has 2 aromatic carbocycles. The van der Waals surface area contributed by atoms with E-state index in [9.17, 15) is 0 Å². The predicted octanol–water partition coefficient (Wildman–Crippen LogP) is 3.82. The molecule has 0 heterocycles. The maximum absolute atomic E-state index is 4.78. The van der Waals surface area contributed by atoms with Crippen LogP contribution in [-0.4, -0.2) is 8.39 Å². The summed E-state index contributed by atoms with van der Waals surface area (Å²) in [6.45, 7) is 0. The fourth-order valence-corrected chi connectivity index (χ4v) is 1.69. The van der Waals surface area contributed by atoms with Crippen LogP contribution in [0, 0.1) is 0 Å². The first kappa shape index (κ1) is 18.6. The van der Waals surface area contributed by atoms with Crippen LogP contribution in [0.4, 0.5) is 0 Å². The van der Waals surface area contributed by atoms with Crippen molar-refractivity contribution in [1.82, 2.24) is 0 Å². The summed E-state index contributed by atoms with van der Waals surface area (Å²) in [5.74, 6) is 0. The monoisotopic (exact) mass is 369 g/mol. The van der Waals surface area contributed by atoms with Crippen LogP contribution in [0.2, 0.25) is 0 Å². The third-order valence-corrected chi connectivity index (χ3v) is 2.96. The number of hydrogen-bond acceptors (Lipinski definition) is 4. The average Bonchev–Trinajstić information content (AvgIpc) is 2.41. The summed E-state index contributed by atoms with van der Waals surface area (Å²) in [5, 5.41) is 0. The van der Waals surface area contributed by atoms with E-state index in [4.69, 9.17) is 49.7 Å². The van der Waals surface area contributed by atoms with Crippen molar-refractivity contribution in [3.05, 3.63) is 71.8 Å². The Balaban J connectivity index is 0.000000324. The second kappa shape index (κ2) is 10.4. The number of thiocarbonyl (C=S) groups is 2. The van der Waals surface area contributed by atoms with Crippen LogP contribution in [0.1, 0.15) is 11.1 Å². The molecule has 0 saturated carbocycles. The van der Waals surface area contributed by atoms with Gasteiger partial charge in [-0.15, -0.1) is 8.39 Å². The van der Waals surface area contributed by atoms with Gasteiger partial charge in [0.25, 0.3) is 0 Å². The second-order valence-electron chi connectivity index (χ2n) is 3.31. The molecule has 101 valence electrons. The van der Waals surface area contributed by atoms with Gasteiger partial charge in [0.1, 0.15) is 0 Å². The van der Waals surface area contributed by atoms with Crippen molar-refractivity contribution < 1.29 is 17.1 Å². The van der Waals surface area contributed by atoms with E-state index in [-0.39, 0.29) is 17.1 Å². The average molecular weight is 370 g/mol. The molecule has 0 N–H and O–H groups in total. The molecule has 1 radical (unpaired) electrons. The first-order chi connectivity index (χ1) is 8.61. The minimum Gasteiger partial charge on any atom is -0.428 e. The molecule has 0 fully saturated rings. The Bertz CT molecular complexity index is 462. The smallest absolute Gasteiger partial charge is 0.428 e. The largest absolute Gasteiger partial charge is 2.00 e. The van der Waals surface area contributed by atoms with Gasteiger partial charge in [0.15, 0.2) is 0 Å². The van der Waals surface area contributed by atoms with E-state index in [1.54, 1.807) is 0 Å². The molecule has 19 heavy (non-hydrogen) atoms. The van der Waals surface area contributed by atoms with E-state index in [0.29, 0.717) is 8.39 Å². The summed E-state index contributed by atoms with van der Waals surface area (Å²) >= 11 is 19.1. The Hall–Kier alpha value is -0.421. The van der Waals surface area contributed by atoms with Crippen LogP contribution in [0.5, 0.6) is 0 Å². The Morgan fingerprint density at radius 2 is 0.895 bits per heavy atom. The van der Waals surface area contributed by atoms with Gasteiger partial charge in [0.2, 0.25) is 0 Å². The maximum atomic E-state index is 4.78. The van der Waals surface area contributed by atoms with Gasteiger partial charge < -0.3 is 49.7 Å². The van der Waals surface area contributed by atoms with Gasteiger partial charge in [-0.3, -0.25) is 0 Å². The zero-order valence-corrected chi connectivity index (χ0v) is 13.9. The summed E-state index contributed by atoms with van der Waals surface area (Å²) < 4.78 is 1.08. The van der Waals surface area contributed by atoms with Crippen molar-refractivity contribution in [3.8, 4) is 0 Å². The summed E-state index contributed by atoms with van der Waals surface area (Å²) in [6.07, 6.45) is 0. The molecule has 0 spiro atoms. The molecule has 0 bridgehead atoms. The third-order valence-electron chi connectivity index (χ3n) is 2.02. The molecule has 0 aromatic heterocycles. The normalized spacial score (nSPS) is 8.42. The minimum absolute atomic E-state index is 0. The van der Waals surface area contributed by atoms with E-state index in [1.165, 1.54) is 0 Å². The van der Waals surface area contributed by atoms with Crippen molar-refractivity contribution >= 4 is 58.1 Å². The Morgan fingerprint density at radius 3 is 1.05 bits per heavy atom. The predicted molar refractivity (Wildman–Crippen MR) is 91.0 cm³/mol. The van der Waals surface area contributed by atoms with Crippen molar-refractivity contribution in [2.75, 3.05) is 0 Å². The second-order valence-corrected chi connectivity index (χ2v) is 5.46. The van der Waals surface area contributed by atoms with Crippen molar-refractivity contribution in [2.45, 2.75) is 0 Å². The van der Waals surface area contributed by atoms with Crippen LogP contribution in [0.3, 0.4) is 0 Å². The SMILES string of the molecule is S=C([S-])c1ccccc1.S=C([S-])c1ccccc1.[Cu+2]. The zero-order chi connectivity index (χ0) is 13.4. The quantitative estimate of drug-likeness (QED) is 0.448. The van der Waals surface area contributed by atoms with Crippen LogP contribution in [0.15, 0.2) is 60.7 Å². The van der Waals surface area contributed by atoms with E-state index in [1.807, 2.05) is 60.7 Å². The van der Waals surface area contributed by atoms with Crippen LogP contribution < -0.4 is 0 Å². The van der Waals surface area contributed by atoms with Crippen LogP contribution in [0.25, 0.3) is 0 Å². The van der Waals surface area contributed by atoms with Gasteiger partial charge >= 0.3 is 17.1 Å². The van der Waals surface area contributed by atoms with Crippen molar-refractivity contribution in [2.24, 2.45) is 0 Å². The molecular weight excluding hydrogens is 360 g/mol. The van der Waals surface area contributed by atoms with E-state index < -0.39 is 0 Å². The summed E-state index contributed by atoms with van der Waals surface area (Å²) in [4.78, 5) is 0. The number of rotatable bonds is 2. The molecule has 2 aromatic rings. The molecule has 5 heteroatoms. The zero-order valence-electron chi connectivity index (χ0n) is 9.71. The maximum Gasteiger partial charge on any atom is 2.00 e. The van der Waals surface area contributed by atoms with Crippen LogP contribution >= 0.6 is 24.4 Å². The first-order valence-electron chi connectivity index (χ1n) is 5.14. The van der Waals surface area contributed by atoms with Gasteiger partial charge in [0, 0.05) is 0 Å². The Kier molecular flexibility index (Phi) is 10.1. The molecule has 0 atom stereocenters. The molecule has 0 aliphatic carbocycles. The molecule has 0 amide bonds. The van der Waals surface area contributed by atoms with E-state index >= 15 is 0 Å². The third kappa shape index (κ3) is 7.67. The Morgan fingerprint density at radius 1 is 0.632 bits per heavy atom. The fourth-order valence-electron chi connectivity index (χ4n) is 1.15. The Labute approximate surface area is 146 Å². The van der Waals surface area contributed by atoms with Crippen LogP contribution in [-0.2, 0) is 42.3 Å². The fraction of sp³-hybridized carbons (Fsp3) is 0. The summed E-state index contributed by atoms with van der Waals surface area (Å²) in [7, 11) is 0. The minimum atomic E-state index is 0. The van der Waals surface area contributed by atoms with Crippen molar-refractivity contribution in [1.29, 1.82) is 0 Å². The number of hydrogen-bond donors (Lipinski definition) is 0. The van der Waals surface area contributed by atoms with Crippen molar-refractivity contribution in [3.63, 3.8) is 0 Å².